The lowest BCUT2D eigenvalue weighted by Gasteiger charge is -2.30. The predicted octanol–water partition coefficient (Wildman–Crippen LogP) is 2.73. The quantitative estimate of drug-likeness (QED) is 0.842. The molecule has 0 aliphatic carbocycles. The number of nitrogens with one attached hydrogen (secondary N) is 1. The van der Waals surface area contributed by atoms with Gasteiger partial charge < -0.3 is 4.90 Å². The Bertz CT molecular complexity index is 679. The highest BCUT2D eigenvalue weighted by atomic mass is 35.5. The Hall–Kier alpha value is -1.55. The van der Waals surface area contributed by atoms with Crippen LogP contribution in [0.1, 0.15) is 11.1 Å². The van der Waals surface area contributed by atoms with Gasteiger partial charge >= 0.3 is 0 Å². The summed E-state index contributed by atoms with van der Waals surface area (Å²) in [5.74, 6) is 0. The Balaban J connectivity index is 1.53. The first kappa shape index (κ1) is 16.3. The Morgan fingerprint density at radius 1 is 0.957 bits per heavy atom. The van der Waals surface area contributed by atoms with Crippen molar-refractivity contribution < 1.29 is 4.90 Å². The normalized spacial score (nSPS) is 16.2. The molecule has 0 spiro atoms. The molecule has 1 fully saturated rings. The summed E-state index contributed by atoms with van der Waals surface area (Å²) >= 11 is 12.4. The van der Waals surface area contributed by atoms with Gasteiger partial charge in [0.1, 0.15) is 6.54 Å². The number of rotatable bonds is 4. The second-order valence-corrected chi connectivity index (χ2v) is 6.55. The molecule has 0 bridgehead atoms. The van der Waals surface area contributed by atoms with Crippen LogP contribution < -0.4 is 4.90 Å². The van der Waals surface area contributed by atoms with E-state index < -0.39 is 0 Å². The monoisotopic (exact) mass is 348 g/mol. The molecule has 1 saturated heterocycles. The third kappa shape index (κ3) is 4.47. The van der Waals surface area contributed by atoms with Crippen LogP contribution >= 0.6 is 23.2 Å². The zero-order chi connectivity index (χ0) is 16.1. The van der Waals surface area contributed by atoms with Crippen LogP contribution in [0.2, 0.25) is 10.0 Å². The van der Waals surface area contributed by atoms with Crippen molar-refractivity contribution in [3.8, 4) is 0 Å². The largest absolute Gasteiger partial charge is 0.328 e. The molecule has 0 radical (unpaired) electrons. The van der Waals surface area contributed by atoms with Gasteiger partial charge in [-0.25, -0.2) is 0 Å². The van der Waals surface area contributed by atoms with E-state index in [1.165, 1.54) is 5.56 Å². The van der Waals surface area contributed by atoms with E-state index in [2.05, 4.69) is 16.2 Å². The molecular weight excluding hydrogens is 329 g/mol. The van der Waals surface area contributed by atoms with Gasteiger partial charge in [-0.05, 0) is 12.1 Å². The molecule has 1 aliphatic heterocycles. The summed E-state index contributed by atoms with van der Waals surface area (Å²) in [6, 6.07) is 15.8. The Morgan fingerprint density at radius 2 is 1.61 bits per heavy atom. The summed E-state index contributed by atoms with van der Waals surface area (Å²) in [6.45, 7) is 4.99. The van der Waals surface area contributed by atoms with E-state index in [0.29, 0.717) is 0 Å². The molecule has 5 heteroatoms. The van der Waals surface area contributed by atoms with E-state index in [0.717, 1.165) is 48.3 Å². The molecule has 0 aromatic heterocycles. The number of hydrogen-bond acceptors (Lipinski definition) is 2. The third-order valence-electron chi connectivity index (χ3n) is 4.11. The molecule has 3 nitrogen and oxygen atoms in total. The number of benzene rings is 2. The summed E-state index contributed by atoms with van der Waals surface area (Å²) in [5.41, 5.74) is 2.18. The maximum absolute atomic E-state index is 6.24. The van der Waals surface area contributed by atoms with Crippen molar-refractivity contribution in [2.75, 3.05) is 26.2 Å². The lowest BCUT2D eigenvalue weighted by atomic mass is 10.2. The van der Waals surface area contributed by atoms with Gasteiger partial charge in [0.25, 0.3) is 0 Å². The first-order valence-corrected chi connectivity index (χ1v) is 8.58. The van der Waals surface area contributed by atoms with Crippen molar-refractivity contribution in [3.63, 3.8) is 0 Å². The first-order valence-electron chi connectivity index (χ1n) is 7.83. The minimum atomic E-state index is 0.735. The van der Waals surface area contributed by atoms with E-state index in [1.807, 2.05) is 48.7 Å². The van der Waals surface area contributed by atoms with E-state index in [-0.39, 0.29) is 0 Å². The summed E-state index contributed by atoms with van der Waals surface area (Å²) < 4.78 is 0. The molecule has 2 aromatic rings. The highest BCUT2D eigenvalue weighted by Crippen LogP contribution is 2.14. The van der Waals surface area contributed by atoms with Gasteiger partial charge in [-0.2, -0.15) is 5.10 Å². The molecule has 23 heavy (non-hydrogen) atoms. The third-order valence-corrected chi connectivity index (χ3v) is 4.82. The van der Waals surface area contributed by atoms with Crippen LogP contribution in [0.3, 0.4) is 0 Å². The Labute approximate surface area is 147 Å². The molecule has 1 aliphatic rings. The average Bonchev–Trinajstić information content (AvgIpc) is 2.57. The molecule has 2 aromatic carbocycles. The lowest BCUT2D eigenvalue weighted by Crippen LogP contribution is -3.13. The van der Waals surface area contributed by atoms with Crippen LogP contribution in [0, 0.1) is 0 Å². The first-order chi connectivity index (χ1) is 11.2. The predicted molar refractivity (Wildman–Crippen MR) is 96.5 cm³/mol. The maximum atomic E-state index is 6.24. The summed E-state index contributed by atoms with van der Waals surface area (Å²) in [7, 11) is 0. The van der Waals surface area contributed by atoms with Crippen molar-refractivity contribution >= 4 is 29.4 Å². The van der Waals surface area contributed by atoms with Crippen molar-refractivity contribution in [1.82, 2.24) is 5.01 Å². The maximum Gasteiger partial charge on any atom is 0.104 e. The second-order valence-electron chi connectivity index (χ2n) is 5.74. The fourth-order valence-corrected chi connectivity index (χ4v) is 3.13. The van der Waals surface area contributed by atoms with Crippen molar-refractivity contribution in [2.45, 2.75) is 6.54 Å². The zero-order valence-electron chi connectivity index (χ0n) is 12.9. The number of quaternary nitrogens is 1. The smallest absolute Gasteiger partial charge is 0.104 e. The van der Waals surface area contributed by atoms with Crippen LogP contribution in [0.5, 0.6) is 0 Å². The van der Waals surface area contributed by atoms with Crippen molar-refractivity contribution in [1.29, 1.82) is 0 Å². The average molecular weight is 349 g/mol. The number of hydrazone groups is 1. The molecule has 1 N–H and O–H groups in total. The number of piperazine rings is 1. The van der Waals surface area contributed by atoms with Gasteiger partial charge in [0.05, 0.1) is 32.4 Å². The summed E-state index contributed by atoms with van der Waals surface area (Å²) in [4.78, 5) is 1.54. The standard InChI is InChI=1S/C18H19Cl2N3/c19-17-7-3-1-5-15(17)13-21-23-11-9-22(10-12-23)14-16-6-2-4-8-18(16)20/h1-8,13H,9-12,14H2/p+1. The zero-order valence-corrected chi connectivity index (χ0v) is 14.4. The van der Waals surface area contributed by atoms with Crippen LogP contribution in [-0.4, -0.2) is 37.4 Å². The van der Waals surface area contributed by atoms with E-state index in [1.54, 1.807) is 4.90 Å². The summed E-state index contributed by atoms with van der Waals surface area (Å²) in [6.07, 6.45) is 1.85. The highest BCUT2D eigenvalue weighted by molar-refractivity contribution is 6.33. The summed E-state index contributed by atoms with van der Waals surface area (Å²) in [5, 5.41) is 8.26. The molecule has 0 unspecified atom stereocenters. The van der Waals surface area contributed by atoms with Gasteiger partial charge in [0, 0.05) is 21.2 Å². The molecule has 120 valence electrons. The van der Waals surface area contributed by atoms with Crippen molar-refractivity contribution in [3.05, 3.63) is 69.7 Å². The van der Waals surface area contributed by atoms with Gasteiger partial charge in [0.15, 0.2) is 0 Å². The number of halogens is 2. The van der Waals surface area contributed by atoms with Crippen molar-refractivity contribution in [2.24, 2.45) is 5.10 Å². The molecule has 0 saturated carbocycles. The van der Waals surface area contributed by atoms with Gasteiger partial charge in [0.2, 0.25) is 0 Å². The minimum absolute atomic E-state index is 0.735. The fourth-order valence-electron chi connectivity index (χ4n) is 2.74. The Morgan fingerprint density at radius 3 is 2.30 bits per heavy atom. The second kappa shape index (κ2) is 7.82. The van der Waals surface area contributed by atoms with Crippen LogP contribution in [-0.2, 0) is 6.54 Å². The molecule has 0 amide bonds. The van der Waals surface area contributed by atoms with Gasteiger partial charge in [-0.15, -0.1) is 0 Å². The molecule has 0 atom stereocenters. The van der Waals surface area contributed by atoms with Crippen LogP contribution in [0.25, 0.3) is 0 Å². The molecule has 3 rings (SSSR count). The van der Waals surface area contributed by atoms with E-state index in [9.17, 15) is 0 Å². The Kier molecular flexibility index (Phi) is 5.55. The fraction of sp³-hybridized carbons (Fsp3) is 0.278. The van der Waals surface area contributed by atoms with Gasteiger partial charge in [-0.3, -0.25) is 5.01 Å². The highest BCUT2D eigenvalue weighted by Gasteiger charge is 2.19. The van der Waals surface area contributed by atoms with E-state index in [4.69, 9.17) is 23.2 Å². The van der Waals surface area contributed by atoms with Crippen LogP contribution in [0.15, 0.2) is 53.6 Å². The SMILES string of the molecule is Clc1ccccc1C=NN1CC[NH+](Cc2ccccc2Cl)CC1. The lowest BCUT2D eigenvalue weighted by molar-refractivity contribution is -0.918. The molecule has 1 heterocycles. The van der Waals surface area contributed by atoms with E-state index >= 15 is 0 Å². The minimum Gasteiger partial charge on any atom is -0.328 e. The van der Waals surface area contributed by atoms with Gasteiger partial charge in [-0.1, -0.05) is 59.6 Å². The topological polar surface area (TPSA) is 20.0 Å². The molecular formula is C18H20Cl2N3+. The number of nitrogens with zero attached hydrogens (tertiary/aromatic N) is 2. The number of hydrogen-bond donors (Lipinski definition) is 1. The van der Waals surface area contributed by atoms with Crippen LogP contribution in [0.4, 0.5) is 0 Å².